The van der Waals surface area contributed by atoms with Gasteiger partial charge in [0.05, 0.1) is 5.56 Å². The number of hydrogen-bond acceptors (Lipinski definition) is 4. The van der Waals surface area contributed by atoms with Crippen LogP contribution < -0.4 is 11.3 Å². The monoisotopic (exact) mass is 196 g/mol. The number of fused-ring (bicyclic) bond motifs is 1. The first-order chi connectivity index (χ1) is 6.16. The normalized spacial score (nSPS) is 14.9. The molecule has 0 fully saturated rings. The molecule has 13 heavy (non-hydrogen) atoms. The fourth-order valence-electron chi connectivity index (χ4n) is 1.28. The minimum atomic E-state index is -0.171. The van der Waals surface area contributed by atoms with Crippen LogP contribution in [0.5, 0.6) is 0 Å². The Morgan fingerprint density at radius 3 is 2.92 bits per heavy atom. The van der Waals surface area contributed by atoms with Gasteiger partial charge in [-0.05, 0) is 18.6 Å². The fraction of sp³-hybridized carbons (Fsp3) is 0.286. The van der Waals surface area contributed by atoms with Gasteiger partial charge in [0.2, 0.25) is 0 Å². The van der Waals surface area contributed by atoms with Gasteiger partial charge in [0.1, 0.15) is 11.7 Å². The largest absolute Gasteiger partial charge is 0.387 e. The number of aromatic nitrogens is 2. The van der Waals surface area contributed by atoms with Crippen LogP contribution >= 0.6 is 12.2 Å². The van der Waals surface area contributed by atoms with Gasteiger partial charge in [-0.25, -0.2) is 4.99 Å². The van der Waals surface area contributed by atoms with Crippen LogP contribution in [0.25, 0.3) is 0 Å². The lowest BCUT2D eigenvalue weighted by Gasteiger charge is -2.10. The molecular formula is C7H8N4OS. The van der Waals surface area contributed by atoms with E-state index in [0.717, 1.165) is 0 Å². The molecule has 0 aromatic carbocycles. The van der Waals surface area contributed by atoms with Gasteiger partial charge in [-0.3, -0.25) is 9.78 Å². The lowest BCUT2D eigenvalue weighted by molar-refractivity contribution is 0.916. The van der Waals surface area contributed by atoms with Crippen molar-refractivity contribution < 1.29 is 0 Å². The zero-order valence-electron chi connectivity index (χ0n) is 6.76. The second-order valence-corrected chi connectivity index (χ2v) is 3.25. The van der Waals surface area contributed by atoms with Crippen LogP contribution in [0.15, 0.2) is 9.79 Å². The van der Waals surface area contributed by atoms with Crippen molar-refractivity contribution in [3.8, 4) is 0 Å². The molecule has 5 nitrogen and oxygen atoms in total. The van der Waals surface area contributed by atoms with E-state index in [9.17, 15) is 4.79 Å². The maximum absolute atomic E-state index is 11.3. The Kier molecular flexibility index (Phi) is 1.77. The molecule has 2 rings (SSSR count). The molecule has 0 saturated carbocycles. The van der Waals surface area contributed by atoms with E-state index in [4.69, 9.17) is 18.0 Å². The van der Waals surface area contributed by atoms with Crippen molar-refractivity contribution in [1.82, 2.24) is 9.97 Å². The first kappa shape index (κ1) is 8.18. The summed E-state index contributed by atoms with van der Waals surface area (Å²) in [6.07, 6.45) is 1.24. The molecular weight excluding hydrogens is 188 g/mol. The van der Waals surface area contributed by atoms with Gasteiger partial charge in [-0.2, -0.15) is 0 Å². The molecule has 1 aromatic rings. The number of nitrogens with zero attached hydrogens (tertiary/aromatic N) is 1. The van der Waals surface area contributed by atoms with Crippen LogP contribution in [-0.4, -0.2) is 15.8 Å². The number of aromatic amines is 2. The van der Waals surface area contributed by atoms with Gasteiger partial charge >= 0.3 is 0 Å². The molecule has 0 radical (unpaired) electrons. The van der Waals surface area contributed by atoms with Crippen LogP contribution in [0.3, 0.4) is 0 Å². The topological polar surface area (TPSA) is 87.0 Å². The molecule has 0 amide bonds. The third-order valence-electron chi connectivity index (χ3n) is 1.91. The summed E-state index contributed by atoms with van der Waals surface area (Å²) in [7, 11) is 0. The summed E-state index contributed by atoms with van der Waals surface area (Å²) >= 11 is 4.80. The molecule has 0 saturated heterocycles. The highest BCUT2D eigenvalue weighted by molar-refractivity contribution is 7.71. The summed E-state index contributed by atoms with van der Waals surface area (Å²) in [5.74, 6) is 1.03. The Morgan fingerprint density at radius 1 is 1.38 bits per heavy atom. The van der Waals surface area contributed by atoms with E-state index in [2.05, 4.69) is 15.0 Å². The van der Waals surface area contributed by atoms with Crippen LogP contribution in [0, 0.1) is 4.77 Å². The quantitative estimate of drug-likeness (QED) is 0.524. The lowest BCUT2D eigenvalue weighted by atomic mass is 10.1. The summed E-state index contributed by atoms with van der Waals surface area (Å²) in [5.41, 5.74) is 5.99. The molecule has 0 aliphatic carbocycles. The number of amidine groups is 1. The zero-order valence-corrected chi connectivity index (χ0v) is 7.57. The molecule has 68 valence electrons. The van der Waals surface area contributed by atoms with E-state index in [0.29, 0.717) is 30.1 Å². The van der Waals surface area contributed by atoms with Crippen molar-refractivity contribution in [3.63, 3.8) is 0 Å². The SMILES string of the molecule is NC1=Nc2[nH]c(=S)[nH]c(=O)c2CC1. The fourth-order valence-corrected chi connectivity index (χ4v) is 1.47. The maximum Gasteiger partial charge on any atom is 0.257 e. The van der Waals surface area contributed by atoms with Gasteiger partial charge in [0, 0.05) is 6.42 Å². The lowest BCUT2D eigenvalue weighted by Crippen LogP contribution is -2.22. The first-order valence-corrected chi connectivity index (χ1v) is 4.26. The molecule has 2 heterocycles. The zero-order chi connectivity index (χ0) is 9.42. The van der Waals surface area contributed by atoms with Gasteiger partial charge in [-0.15, -0.1) is 0 Å². The highest BCUT2D eigenvalue weighted by Gasteiger charge is 2.13. The highest BCUT2D eigenvalue weighted by atomic mass is 32.1. The number of aliphatic imine (C=N–C) groups is 1. The van der Waals surface area contributed by atoms with Crippen LogP contribution in [0.4, 0.5) is 5.82 Å². The first-order valence-electron chi connectivity index (χ1n) is 3.85. The molecule has 6 heteroatoms. The van der Waals surface area contributed by atoms with Crippen molar-refractivity contribution >= 4 is 23.9 Å². The van der Waals surface area contributed by atoms with E-state index in [1.165, 1.54) is 0 Å². The standard InChI is InChI=1S/C7H8N4OS/c8-4-2-1-3-5(9-4)10-7(13)11-6(3)12/h1-2H2,(H4,8,9,10,11,12,13). The Labute approximate surface area is 78.7 Å². The predicted octanol–water partition coefficient (Wildman–Crippen LogP) is 0.367. The van der Waals surface area contributed by atoms with Crippen LogP contribution in [-0.2, 0) is 6.42 Å². The van der Waals surface area contributed by atoms with E-state index >= 15 is 0 Å². The molecule has 0 spiro atoms. The van der Waals surface area contributed by atoms with Crippen molar-refractivity contribution in [2.45, 2.75) is 12.8 Å². The molecule has 1 aliphatic heterocycles. The smallest absolute Gasteiger partial charge is 0.257 e. The van der Waals surface area contributed by atoms with Crippen molar-refractivity contribution in [2.75, 3.05) is 0 Å². The summed E-state index contributed by atoms with van der Waals surface area (Å²) in [6.45, 7) is 0. The molecule has 4 N–H and O–H groups in total. The number of nitrogens with one attached hydrogen (secondary N) is 2. The second-order valence-electron chi connectivity index (χ2n) is 2.84. The Bertz CT molecular complexity index is 484. The average Bonchev–Trinajstić information content (AvgIpc) is 2.02. The van der Waals surface area contributed by atoms with Crippen LogP contribution in [0.1, 0.15) is 12.0 Å². The van der Waals surface area contributed by atoms with Crippen molar-refractivity contribution in [1.29, 1.82) is 0 Å². The third kappa shape index (κ3) is 1.40. The summed E-state index contributed by atoms with van der Waals surface area (Å²) < 4.78 is 0.280. The van der Waals surface area contributed by atoms with Gasteiger partial charge in [0.25, 0.3) is 5.56 Å². The summed E-state index contributed by atoms with van der Waals surface area (Å²) in [5, 5.41) is 0. The van der Waals surface area contributed by atoms with E-state index < -0.39 is 0 Å². The molecule has 0 atom stereocenters. The Hall–Kier alpha value is -1.43. The number of rotatable bonds is 0. The molecule has 0 bridgehead atoms. The number of H-pyrrole nitrogens is 2. The second kappa shape index (κ2) is 2.81. The van der Waals surface area contributed by atoms with Crippen LogP contribution in [0.2, 0.25) is 0 Å². The summed E-state index contributed by atoms with van der Waals surface area (Å²) in [6, 6.07) is 0. The minimum absolute atomic E-state index is 0.171. The van der Waals surface area contributed by atoms with Gasteiger partial charge < -0.3 is 10.7 Å². The predicted molar refractivity (Wildman–Crippen MR) is 51.9 cm³/mol. The van der Waals surface area contributed by atoms with Crippen molar-refractivity contribution in [3.05, 3.63) is 20.7 Å². The third-order valence-corrected chi connectivity index (χ3v) is 2.11. The number of nitrogens with two attached hydrogens (primary N) is 1. The Morgan fingerprint density at radius 2 is 2.15 bits per heavy atom. The molecule has 1 aliphatic rings. The molecule has 1 aromatic heterocycles. The van der Waals surface area contributed by atoms with E-state index in [-0.39, 0.29) is 10.3 Å². The maximum atomic E-state index is 11.3. The van der Waals surface area contributed by atoms with Gasteiger partial charge in [-0.1, -0.05) is 0 Å². The van der Waals surface area contributed by atoms with Crippen molar-refractivity contribution in [2.24, 2.45) is 10.7 Å². The van der Waals surface area contributed by atoms with E-state index in [1.54, 1.807) is 0 Å². The van der Waals surface area contributed by atoms with Gasteiger partial charge in [0.15, 0.2) is 4.77 Å². The number of hydrogen-bond donors (Lipinski definition) is 3. The summed E-state index contributed by atoms with van der Waals surface area (Å²) in [4.78, 5) is 20.7. The average molecular weight is 196 g/mol. The van der Waals surface area contributed by atoms with E-state index in [1.807, 2.05) is 0 Å². The Balaban J connectivity index is 2.75. The highest BCUT2D eigenvalue weighted by Crippen LogP contribution is 2.17. The minimum Gasteiger partial charge on any atom is -0.387 e. The molecule has 0 unspecified atom stereocenters.